The summed E-state index contributed by atoms with van der Waals surface area (Å²) in [6.07, 6.45) is 0. The zero-order valence-corrected chi connectivity index (χ0v) is 5.33. The Kier molecular flexibility index (Phi) is 1.68. The van der Waals surface area contributed by atoms with E-state index in [0.29, 0.717) is 13.2 Å². The maximum absolute atomic E-state index is 10.8. The van der Waals surface area contributed by atoms with Gasteiger partial charge in [0.2, 0.25) is 0 Å². The van der Waals surface area contributed by atoms with E-state index in [4.69, 9.17) is 10.6 Å². The molecule has 0 aromatic carbocycles. The lowest BCUT2D eigenvalue weighted by Crippen LogP contribution is -2.34. The second-order valence-electron chi connectivity index (χ2n) is 1.94. The van der Waals surface area contributed by atoms with Crippen molar-refractivity contribution in [3.63, 3.8) is 0 Å². The summed E-state index contributed by atoms with van der Waals surface area (Å²) in [5.41, 5.74) is 5.33. The molecule has 0 aliphatic carbocycles. The molecule has 0 spiro atoms. The van der Waals surface area contributed by atoms with E-state index >= 15 is 0 Å². The highest BCUT2D eigenvalue weighted by molar-refractivity contribution is 5.82. The first-order chi connectivity index (χ1) is 4.25. The molecule has 1 rings (SSSR count). The number of nitrogens with zero attached hydrogens (tertiary/aromatic N) is 1. The van der Waals surface area contributed by atoms with Gasteiger partial charge in [-0.1, -0.05) is 0 Å². The van der Waals surface area contributed by atoms with Gasteiger partial charge >= 0.3 is 0 Å². The molecule has 1 aliphatic heterocycles. The molecule has 1 atom stereocenters. The molecule has 0 unspecified atom stereocenters. The summed E-state index contributed by atoms with van der Waals surface area (Å²) in [5, 5.41) is 1.28. The fraction of sp³-hybridized carbons (Fsp3) is 0.800. The van der Waals surface area contributed by atoms with Crippen LogP contribution in [0.15, 0.2) is 0 Å². The van der Waals surface area contributed by atoms with Crippen LogP contribution in [0.3, 0.4) is 0 Å². The van der Waals surface area contributed by atoms with Crippen molar-refractivity contribution in [3.8, 4) is 0 Å². The molecule has 0 aromatic rings. The number of likely N-dealkylation sites (N-methyl/N-ethyl adjacent to an activating group) is 1. The third kappa shape index (κ3) is 1.04. The molecule has 4 heteroatoms. The molecule has 1 heterocycles. The highest BCUT2D eigenvalue weighted by atomic mass is 16.7. The highest BCUT2D eigenvalue weighted by Gasteiger charge is 2.28. The maximum Gasteiger partial charge on any atom is 0.265 e. The van der Waals surface area contributed by atoms with Crippen molar-refractivity contribution in [2.45, 2.75) is 13.0 Å². The lowest BCUT2D eigenvalue weighted by Gasteiger charge is -2.08. The number of hydroxylamine groups is 2. The van der Waals surface area contributed by atoms with E-state index in [0.717, 1.165) is 0 Å². The highest BCUT2D eigenvalue weighted by Crippen LogP contribution is 2.03. The van der Waals surface area contributed by atoms with E-state index < -0.39 is 6.04 Å². The molecule has 0 aromatic heterocycles. The van der Waals surface area contributed by atoms with E-state index in [1.165, 1.54) is 5.06 Å². The fourth-order valence-corrected chi connectivity index (χ4v) is 0.737. The average molecular weight is 130 g/mol. The number of nitrogens with two attached hydrogens (primary N) is 1. The maximum atomic E-state index is 10.8. The Hall–Kier alpha value is -0.610. The van der Waals surface area contributed by atoms with Crippen LogP contribution >= 0.6 is 0 Å². The van der Waals surface area contributed by atoms with Gasteiger partial charge in [0.1, 0.15) is 6.04 Å². The van der Waals surface area contributed by atoms with E-state index in [9.17, 15) is 4.79 Å². The number of amides is 1. The van der Waals surface area contributed by atoms with Crippen LogP contribution in [-0.2, 0) is 9.63 Å². The van der Waals surface area contributed by atoms with Gasteiger partial charge in [-0.05, 0) is 6.92 Å². The molecular weight excluding hydrogens is 120 g/mol. The molecule has 9 heavy (non-hydrogen) atoms. The van der Waals surface area contributed by atoms with Gasteiger partial charge in [-0.2, -0.15) is 0 Å². The number of hydrogen-bond donors (Lipinski definition) is 1. The number of hydrogen-bond acceptors (Lipinski definition) is 3. The molecule has 52 valence electrons. The van der Waals surface area contributed by atoms with Crippen LogP contribution in [0.4, 0.5) is 0 Å². The van der Waals surface area contributed by atoms with Crippen molar-refractivity contribution in [3.05, 3.63) is 0 Å². The molecule has 4 nitrogen and oxygen atoms in total. The Labute approximate surface area is 53.5 Å². The van der Waals surface area contributed by atoms with Gasteiger partial charge in [0.15, 0.2) is 0 Å². The van der Waals surface area contributed by atoms with Gasteiger partial charge in [0.05, 0.1) is 6.61 Å². The lowest BCUT2D eigenvalue weighted by molar-refractivity contribution is -0.160. The first-order valence-corrected chi connectivity index (χ1v) is 2.95. The second kappa shape index (κ2) is 2.33. The van der Waals surface area contributed by atoms with E-state index in [1.807, 2.05) is 6.92 Å². The summed E-state index contributed by atoms with van der Waals surface area (Å²) in [5.74, 6) is -0.113. The molecule has 1 saturated heterocycles. The SMILES string of the molecule is CCN1OC[C@H](N)C1=O. The van der Waals surface area contributed by atoms with Crippen molar-refractivity contribution in [1.82, 2.24) is 5.06 Å². The van der Waals surface area contributed by atoms with Crippen molar-refractivity contribution in [2.75, 3.05) is 13.2 Å². The normalized spacial score (nSPS) is 27.6. The van der Waals surface area contributed by atoms with Crippen LogP contribution in [0, 0.1) is 0 Å². The van der Waals surface area contributed by atoms with Crippen LogP contribution in [-0.4, -0.2) is 30.2 Å². The Bertz CT molecular complexity index is 126. The van der Waals surface area contributed by atoms with Crippen LogP contribution in [0.5, 0.6) is 0 Å². The Balaban J connectivity index is 2.51. The van der Waals surface area contributed by atoms with Crippen molar-refractivity contribution >= 4 is 5.91 Å². The van der Waals surface area contributed by atoms with Gasteiger partial charge in [-0.25, -0.2) is 5.06 Å². The van der Waals surface area contributed by atoms with E-state index in [-0.39, 0.29) is 5.91 Å². The summed E-state index contributed by atoms with van der Waals surface area (Å²) >= 11 is 0. The summed E-state index contributed by atoms with van der Waals surface area (Å²) < 4.78 is 0. The van der Waals surface area contributed by atoms with Crippen LogP contribution in [0.1, 0.15) is 6.92 Å². The van der Waals surface area contributed by atoms with Gasteiger partial charge in [-0.15, -0.1) is 0 Å². The van der Waals surface area contributed by atoms with Crippen LogP contribution < -0.4 is 5.73 Å². The fourth-order valence-electron chi connectivity index (χ4n) is 0.737. The summed E-state index contributed by atoms with van der Waals surface area (Å²) in [4.78, 5) is 15.7. The predicted octanol–water partition coefficient (Wildman–Crippen LogP) is -0.893. The zero-order valence-electron chi connectivity index (χ0n) is 5.33. The summed E-state index contributed by atoms with van der Waals surface area (Å²) in [6.45, 7) is 2.75. The second-order valence-corrected chi connectivity index (χ2v) is 1.94. The van der Waals surface area contributed by atoms with Crippen molar-refractivity contribution in [1.29, 1.82) is 0 Å². The topological polar surface area (TPSA) is 55.6 Å². The molecule has 0 saturated carbocycles. The Morgan fingerprint density at radius 3 is 2.89 bits per heavy atom. The smallest absolute Gasteiger partial charge is 0.265 e. The third-order valence-electron chi connectivity index (χ3n) is 1.26. The summed E-state index contributed by atoms with van der Waals surface area (Å²) in [7, 11) is 0. The third-order valence-corrected chi connectivity index (χ3v) is 1.26. The number of carbonyl (C=O) groups excluding carboxylic acids is 1. The molecule has 2 N–H and O–H groups in total. The summed E-state index contributed by atoms with van der Waals surface area (Å²) in [6, 6.07) is -0.440. The largest absolute Gasteiger partial charge is 0.318 e. The molecular formula is C5H10N2O2. The molecule has 1 aliphatic rings. The minimum atomic E-state index is -0.440. The molecule has 1 fully saturated rings. The van der Waals surface area contributed by atoms with Gasteiger partial charge in [0.25, 0.3) is 5.91 Å². The molecule has 1 amide bonds. The van der Waals surface area contributed by atoms with Gasteiger partial charge in [-0.3, -0.25) is 9.63 Å². The number of rotatable bonds is 1. The van der Waals surface area contributed by atoms with Crippen molar-refractivity contribution in [2.24, 2.45) is 5.73 Å². The zero-order chi connectivity index (χ0) is 6.85. The monoisotopic (exact) mass is 130 g/mol. The quantitative estimate of drug-likeness (QED) is 0.501. The minimum absolute atomic E-state index is 0.113. The Morgan fingerprint density at radius 2 is 2.67 bits per heavy atom. The Morgan fingerprint density at radius 1 is 2.00 bits per heavy atom. The van der Waals surface area contributed by atoms with Crippen LogP contribution in [0.2, 0.25) is 0 Å². The first kappa shape index (κ1) is 6.51. The van der Waals surface area contributed by atoms with Crippen molar-refractivity contribution < 1.29 is 9.63 Å². The van der Waals surface area contributed by atoms with Crippen LogP contribution in [0.25, 0.3) is 0 Å². The lowest BCUT2D eigenvalue weighted by atomic mass is 10.3. The van der Waals surface area contributed by atoms with Gasteiger partial charge < -0.3 is 5.73 Å². The number of carbonyl (C=O) groups is 1. The van der Waals surface area contributed by atoms with E-state index in [1.54, 1.807) is 0 Å². The first-order valence-electron chi connectivity index (χ1n) is 2.95. The molecule has 0 radical (unpaired) electrons. The standard InChI is InChI=1S/C5H10N2O2/c1-2-7-5(8)4(6)3-9-7/h4H,2-3,6H2,1H3/t4-/m0/s1. The van der Waals surface area contributed by atoms with E-state index in [2.05, 4.69) is 0 Å². The average Bonchev–Trinajstić information content (AvgIpc) is 2.15. The molecule has 0 bridgehead atoms. The van der Waals surface area contributed by atoms with Gasteiger partial charge in [0, 0.05) is 6.54 Å². The predicted molar refractivity (Wildman–Crippen MR) is 31.3 cm³/mol. The minimum Gasteiger partial charge on any atom is -0.318 e.